The molecule has 1 fully saturated rings. The molecule has 1 amide bonds. The Morgan fingerprint density at radius 1 is 1.32 bits per heavy atom. The lowest BCUT2D eigenvalue weighted by Crippen LogP contribution is -2.36. The Balaban J connectivity index is 2.20. The SMILES string of the molecule is CC(C)(CCCN1CCC(CC(N)=O)CC1)C(N)=S. The summed E-state index contributed by atoms with van der Waals surface area (Å²) in [6.45, 7) is 7.45. The van der Waals surface area contributed by atoms with Crippen LogP contribution in [0.3, 0.4) is 0 Å². The first kappa shape index (κ1) is 16.4. The highest BCUT2D eigenvalue weighted by Crippen LogP contribution is 2.24. The number of nitrogens with zero attached hydrogens (tertiary/aromatic N) is 1. The van der Waals surface area contributed by atoms with Gasteiger partial charge in [-0.3, -0.25) is 4.79 Å². The van der Waals surface area contributed by atoms with Crippen molar-refractivity contribution in [3.05, 3.63) is 0 Å². The number of primary amides is 1. The maximum Gasteiger partial charge on any atom is 0.217 e. The monoisotopic (exact) mass is 285 g/mol. The first-order chi connectivity index (χ1) is 8.81. The number of carbonyl (C=O) groups is 1. The molecule has 0 aromatic rings. The molecule has 1 saturated heterocycles. The van der Waals surface area contributed by atoms with Crippen molar-refractivity contribution in [3.63, 3.8) is 0 Å². The molecule has 0 bridgehead atoms. The Kier molecular flexibility index (Phi) is 6.20. The van der Waals surface area contributed by atoms with Crippen LogP contribution < -0.4 is 11.5 Å². The van der Waals surface area contributed by atoms with E-state index in [9.17, 15) is 4.79 Å². The van der Waals surface area contributed by atoms with Crippen LogP contribution in [-0.4, -0.2) is 35.4 Å². The predicted molar refractivity (Wildman–Crippen MR) is 82.8 cm³/mol. The van der Waals surface area contributed by atoms with Gasteiger partial charge in [-0.15, -0.1) is 0 Å². The van der Waals surface area contributed by atoms with Crippen molar-refractivity contribution in [2.75, 3.05) is 19.6 Å². The van der Waals surface area contributed by atoms with Crippen LogP contribution in [0.5, 0.6) is 0 Å². The van der Waals surface area contributed by atoms with Crippen molar-refractivity contribution in [2.24, 2.45) is 22.8 Å². The maximum absolute atomic E-state index is 10.9. The Bertz CT molecular complexity index is 323. The molecule has 0 unspecified atom stereocenters. The van der Waals surface area contributed by atoms with E-state index in [-0.39, 0.29) is 11.3 Å². The van der Waals surface area contributed by atoms with Crippen molar-refractivity contribution in [3.8, 4) is 0 Å². The lowest BCUT2D eigenvalue weighted by molar-refractivity contribution is -0.119. The molecule has 0 spiro atoms. The molecule has 0 aromatic heterocycles. The van der Waals surface area contributed by atoms with Crippen LogP contribution in [0.2, 0.25) is 0 Å². The van der Waals surface area contributed by atoms with E-state index >= 15 is 0 Å². The number of likely N-dealkylation sites (tertiary alicyclic amines) is 1. The largest absolute Gasteiger partial charge is 0.393 e. The number of rotatable bonds is 7. The van der Waals surface area contributed by atoms with E-state index in [2.05, 4.69) is 18.7 Å². The first-order valence-electron chi connectivity index (χ1n) is 7.12. The minimum absolute atomic E-state index is 0.0420. The molecular formula is C14H27N3OS. The van der Waals surface area contributed by atoms with Crippen molar-refractivity contribution in [2.45, 2.75) is 46.0 Å². The molecule has 110 valence electrons. The van der Waals surface area contributed by atoms with E-state index in [0.717, 1.165) is 45.3 Å². The maximum atomic E-state index is 10.9. The van der Waals surface area contributed by atoms with Gasteiger partial charge in [0.15, 0.2) is 0 Å². The fourth-order valence-corrected chi connectivity index (χ4v) is 2.67. The van der Waals surface area contributed by atoms with Crippen molar-refractivity contribution < 1.29 is 4.79 Å². The van der Waals surface area contributed by atoms with Gasteiger partial charge in [0.2, 0.25) is 5.91 Å². The van der Waals surface area contributed by atoms with Crippen molar-refractivity contribution >= 4 is 23.1 Å². The Morgan fingerprint density at radius 2 is 1.89 bits per heavy atom. The third-order valence-corrected chi connectivity index (χ3v) is 4.69. The number of piperidine rings is 1. The first-order valence-corrected chi connectivity index (χ1v) is 7.52. The highest BCUT2D eigenvalue weighted by atomic mass is 32.1. The highest BCUT2D eigenvalue weighted by Gasteiger charge is 2.23. The molecule has 5 heteroatoms. The van der Waals surface area contributed by atoms with Crippen LogP contribution in [0, 0.1) is 11.3 Å². The van der Waals surface area contributed by atoms with Crippen molar-refractivity contribution in [1.29, 1.82) is 0 Å². The zero-order valence-electron chi connectivity index (χ0n) is 12.2. The summed E-state index contributed by atoms with van der Waals surface area (Å²) in [5.74, 6) is 0.318. The summed E-state index contributed by atoms with van der Waals surface area (Å²) >= 11 is 5.08. The molecule has 4 N–H and O–H groups in total. The average molecular weight is 285 g/mol. The Hall–Kier alpha value is -0.680. The smallest absolute Gasteiger partial charge is 0.217 e. The van der Waals surface area contributed by atoms with Crippen LogP contribution in [0.15, 0.2) is 0 Å². The van der Waals surface area contributed by atoms with Gasteiger partial charge in [-0.1, -0.05) is 26.1 Å². The second kappa shape index (κ2) is 7.20. The molecule has 0 aromatic carbocycles. The second-order valence-electron chi connectivity index (χ2n) is 6.31. The van der Waals surface area contributed by atoms with Crippen LogP contribution in [0.4, 0.5) is 0 Å². The van der Waals surface area contributed by atoms with E-state index < -0.39 is 0 Å². The average Bonchev–Trinajstić information content (AvgIpc) is 2.30. The minimum Gasteiger partial charge on any atom is -0.393 e. The third kappa shape index (κ3) is 5.87. The van der Waals surface area contributed by atoms with E-state index in [0.29, 0.717) is 17.3 Å². The van der Waals surface area contributed by atoms with Gasteiger partial charge in [0.05, 0.1) is 4.99 Å². The third-order valence-electron chi connectivity index (χ3n) is 4.14. The molecule has 4 nitrogen and oxygen atoms in total. The van der Waals surface area contributed by atoms with E-state index in [1.807, 2.05) is 0 Å². The Labute approximate surface area is 121 Å². The summed E-state index contributed by atoms with van der Waals surface area (Å²) in [7, 11) is 0. The van der Waals surface area contributed by atoms with Gasteiger partial charge < -0.3 is 16.4 Å². The van der Waals surface area contributed by atoms with Crippen molar-refractivity contribution in [1.82, 2.24) is 4.90 Å². The van der Waals surface area contributed by atoms with Gasteiger partial charge in [-0.05, 0) is 51.2 Å². The zero-order valence-corrected chi connectivity index (χ0v) is 13.0. The molecule has 1 aliphatic heterocycles. The molecular weight excluding hydrogens is 258 g/mol. The molecule has 1 heterocycles. The number of nitrogens with two attached hydrogens (primary N) is 2. The molecule has 1 aliphatic rings. The number of hydrogen-bond donors (Lipinski definition) is 2. The van der Waals surface area contributed by atoms with Crippen LogP contribution >= 0.6 is 12.2 Å². The molecule has 0 aliphatic carbocycles. The summed E-state index contributed by atoms with van der Waals surface area (Å²) in [6.07, 6.45) is 4.86. The summed E-state index contributed by atoms with van der Waals surface area (Å²) in [5, 5.41) is 0. The number of hydrogen-bond acceptors (Lipinski definition) is 3. The van der Waals surface area contributed by atoms with Gasteiger partial charge in [0.25, 0.3) is 0 Å². The Morgan fingerprint density at radius 3 is 2.37 bits per heavy atom. The number of thiocarbonyl (C=S) groups is 1. The highest BCUT2D eigenvalue weighted by molar-refractivity contribution is 7.80. The molecule has 19 heavy (non-hydrogen) atoms. The van der Waals surface area contributed by atoms with Crippen LogP contribution in [0.25, 0.3) is 0 Å². The summed E-state index contributed by atoms with van der Waals surface area (Å²) in [4.78, 5) is 13.9. The summed E-state index contributed by atoms with van der Waals surface area (Å²) in [5.41, 5.74) is 10.9. The van der Waals surface area contributed by atoms with E-state index in [4.69, 9.17) is 23.7 Å². The molecule has 0 radical (unpaired) electrons. The van der Waals surface area contributed by atoms with Gasteiger partial charge >= 0.3 is 0 Å². The van der Waals surface area contributed by atoms with Crippen LogP contribution in [-0.2, 0) is 4.79 Å². The fraction of sp³-hybridized carbons (Fsp3) is 0.857. The van der Waals surface area contributed by atoms with Crippen LogP contribution in [0.1, 0.15) is 46.0 Å². The van der Waals surface area contributed by atoms with Gasteiger partial charge in [0, 0.05) is 11.8 Å². The lowest BCUT2D eigenvalue weighted by atomic mass is 9.87. The van der Waals surface area contributed by atoms with Gasteiger partial charge in [0.1, 0.15) is 0 Å². The summed E-state index contributed by atoms with van der Waals surface area (Å²) in [6, 6.07) is 0. The molecule has 0 saturated carbocycles. The minimum atomic E-state index is -0.170. The predicted octanol–water partition coefficient (Wildman–Crippen LogP) is 1.67. The zero-order chi connectivity index (χ0) is 14.5. The quantitative estimate of drug-likeness (QED) is 0.698. The normalized spacial score (nSPS) is 18.4. The standard InChI is InChI=1S/C14H27N3OS/c1-14(2,13(16)19)6-3-7-17-8-4-11(5-9-17)10-12(15)18/h11H,3-10H2,1-2H3,(H2,15,18)(H2,16,19). The lowest BCUT2D eigenvalue weighted by Gasteiger charge is -2.32. The van der Waals surface area contributed by atoms with Gasteiger partial charge in [-0.2, -0.15) is 0 Å². The second-order valence-corrected chi connectivity index (χ2v) is 6.75. The summed E-state index contributed by atoms with van der Waals surface area (Å²) < 4.78 is 0. The number of carbonyl (C=O) groups excluding carboxylic acids is 1. The molecule has 1 rings (SSSR count). The fourth-order valence-electron chi connectivity index (χ4n) is 2.57. The van der Waals surface area contributed by atoms with Gasteiger partial charge in [-0.25, -0.2) is 0 Å². The number of amides is 1. The van der Waals surface area contributed by atoms with E-state index in [1.165, 1.54) is 0 Å². The molecule has 0 atom stereocenters. The van der Waals surface area contributed by atoms with E-state index in [1.54, 1.807) is 0 Å². The topological polar surface area (TPSA) is 72.3 Å².